The number of hydrogen-bond acceptors (Lipinski definition) is 3. The summed E-state index contributed by atoms with van der Waals surface area (Å²) < 4.78 is 0. The van der Waals surface area contributed by atoms with Crippen molar-refractivity contribution in [2.24, 2.45) is 0 Å². The fourth-order valence-electron chi connectivity index (χ4n) is 2.76. The van der Waals surface area contributed by atoms with Gasteiger partial charge >= 0.3 is 0 Å². The van der Waals surface area contributed by atoms with Crippen molar-refractivity contribution < 1.29 is 0 Å². The molecule has 0 saturated heterocycles. The molecule has 2 aliphatic heterocycles. The van der Waals surface area contributed by atoms with E-state index in [-0.39, 0.29) is 6.15 Å². The minimum atomic E-state index is 0. The van der Waals surface area contributed by atoms with E-state index >= 15 is 0 Å². The van der Waals surface area contributed by atoms with Gasteiger partial charge in [-0.2, -0.15) is 0 Å². The number of nitrogens with zero attached hydrogens (tertiary/aromatic N) is 1. The molecule has 0 bridgehead atoms. The van der Waals surface area contributed by atoms with Gasteiger partial charge in [0.25, 0.3) is 0 Å². The SMILES string of the molecule is CCCN1CCc2ccc3c(c21)CCS3.N. The second-order valence-electron chi connectivity index (χ2n) is 4.39. The molecule has 88 valence electrons. The van der Waals surface area contributed by atoms with Crippen LogP contribution < -0.4 is 11.1 Å². The molecule has 2 heterocycles. The Bertz CT molecular complexity index is 388. The highest BCUT2D eigenvalue weighted by molar-refractivity contribution is 7.99. The minimum Gasteiger partial charge on any atom is -0.371 e. The van der Waals surface area contributed by atoms with Crippen LogP contribution in [0.15, 0.2) is 17.0 Å². The molecule has 16 heavy (non-hydrogen) atoms. The average Bonchev–Trinajstić information content (AvgIpc) is 2.83. The maximum Gasteiger partial charge on any atom is 0.0443 e. The lowest BCUT2D eigenvalue weighted by molar-refractivity contribution is 0.792. The number of hydrogen-bond donors (Lipinski definition) is 1. The average molecular weight is 236 g/mol. The molecule has 3 N–H and O–H groups in total. The maximum absolute atomic E-state index is 2.60. The lowest BCUT2D eigenvalue weighted by atomic mass is 10.1. The van der Waals surface area contributed by atoms with E-state index in [1.807, 2.05) is 11.8 Å². The van der Waals surface area contributed by atoms with Gasteiger partial charge in [-0.15, -0.1) is 11.8 Å². The van der Waals surface area contributed by atoms with E-state index in [0.717, 1.165) is 0 Å². The zero-order valence-corrected chi connectivity index (χ0v) is 10.8. The summed E-state index contributed by atoms with van der Waals surface area (Å²) >= 11 is 2.03. The van der Waals surface area contributed by atoms with Gasteiger partial charge in [-0.05, 0) is 36.5 Å². The summed E-state index contributed by atoms with van der Waals surface area (Å²) in [6.07, 6.45) is 3.80. The van der Waals surface area contributed by atoms with Gasteiger partial charge in [0.1, 0.15) is 0 Å². The van der Waals surface area contributed by atoms with Crippen LogP contribution >= 0.6 is 11.8 Å². The van der Waals surface area contributed by atoms with Crippen LogP contribution in [-0.4, -0.2) is 18.8 Å². The van der Waals surface area contributed by atoms with Gasteiger partial charge in [0, 0.05) is 29.4 Å². The first kappa shape index (κ1) is 11.8. The summed E-state index contributed by atoms with van der Waals surface area (Å²) in [6.45, 7) is 4.74. The van der Waals surface area contributed by atoms with E-state index in [2.05, 4.69) is 24.0 Å². The topological polar surface area (TPSA) is 38.2 Å². The van der Waals surface area contributed by atoms with E-state index in [0.29, 0.717) is 0 Å². The number of fused-ring (bicyclic) bond motifs is 3. The van der Waals surface area contributed by atoms with Gasteiger partial charge in [-0.1, -0.05) is 13.0 Å². The molecule has 3 rings (SSSR count). The van der Waals surface area contributed by atoms with Gasteiger partial charge in [0.05, 0.1) is 0 Å². The molecule has 0 amide bonds. The van der Waals surface area contributed by atoms with Crippen molar-refractivity contribution in [1.29, 1.82) is 0 Å². The predicted octanol–water partition coefficient (Wildman–Crippen LogP) is 3.27. The lowest BCUT2D eigenvalue weighted by Crippen LogP contribution is -2.22. The van der Waals surface area contributed by atoms with Crippen LogP contribution in [-0.2, 0) is 12.8 Å². The van der Waals surface area contributed by atoms with Crippen molar-refractivity contribution in [2.45, 2.75) is 31.1 Å². The third-order valence-electron chi connectivity index (χ3n) is 3.39. The third-order valence-corrected chi connectivity index (χ3v) is 4.50. The van der Waals surface area contributed by atoms with Crippen molar-refractivity contribution in [1.82, 2.24) is 6.15 Å². The Morgan fingerprint density at radius 1 is 1.31 bits per heavy atom. The molecular weight excluding hydrogens is 216 g/mol. The molecule has 0 unspecified atom stereocenters. The van der Waals surface area contributed by atoms with Gasteiger partial charge in [0.15, 0.2) is 0 Å². The quantitative estimate of drug-likeness (QED) is 0.856. The molecule has 0 saturated carbocycles. The molecule has 0 spiro atoms. The molecule has 2 nitrogen and oxygen atoms in total. The summed E-state index contributed by atoms with van der Waals surface area (Å²) in [7, 11) is 0. The maximum atomic E-state index is 2.60. The third kappa shape index (κ3) is 1.72. The van der Waals surface area contributed by atoms with Gasteiger partial charge in [0.2, 0.25) is 0 Å². The Labute approximate surface area is 102 Å². The van der Waals surface area contributed by atoms with Crippen molar-refractivity contribution in [3.05, 3.63) is 23.3 Å². The molecule has 3 heteroatoms. The standard InChI is InChI=1S/C13H17NS.H3N/c1-2-7-14-8-5-10-3-4-12-11(13(10)14)6-9-15-12;/h3-4H,2,5-9H2,1H3;1H3. The second kappa shape index (κ2) is 4.68. The van der Waals surface area contributed by atoms with Crippen molar-refractivity contribution in [2.75, 3.05) is 23.7 Å². The summed E-state index contributed by atoms with van der Waals surface area (Å²) in [4.78, 5) is 4.14. The number of rotatable bonds is 2. The van der Waals surface area contributed by atoms with Gasteiger partial charge < -0.3 is 11.1 Å². The van der Waals surface area contributed by atoms with Crippen molar-refractivity contribution >= 4 is 17.4 Å². The first-order valence-electron chi connectivity index (χ1n) is 5.92. The highest BCUT2D eigenvalue weighted by Crippen LogP contribution is 2.42. The molecule has 1 aromatic rings. The molecule has 1 aromatic carbocycles. The molecule has 0 atom stereocenters. The van der Waals surface area contributed by atoms with Crippen LogP contribution in [0.3, 0.4) is 0 Å². The Balaban J connectivity index is 0.000000963. The zero-order valence-electron chi connectivity index (χ0n) is 9.96. The Kier molecular flexibility index (Phi) is 3.45. The van der Waals surface area contributed by atoms with Crippen LogP contribution in [0.2, 0.25) is 0 Å². The van der Waals surface area contributed by atoms with E-state index < -0.39 is 0 Å². The van der Waals surface area contributed by atoms with Crippen LogP contribution in [0.1, 0.15) is 24.5 Å². The number of thioether (sulfide) groups is 1. The van der Waals surface area contributed by atoms with E-state index in [1.165, 1.54) is 43.0 Å². The van der Waals surface area contributed by atoms with Gasteiger partial charge in [-0.25, -0.2) is 0 Å². The number of anilines is 1. The highest BCUT2D eigenvalue weighted by atomic mass is 32.2. The molecule has 0 radical (unpaired) electrons. The Hall–Kier alpha value is -0.670. The smallest absolute Gasteiger partial charge is 0.0443 e. The van der Waals surface area contributed by atoms with Crippen molar-refractivity contribution in [3.8, 4) is 0 Å². The summed E-state index contributed by atoms with van der Waals surface area (Å²) in [5.41, 5.74) is 4.83. The largest absolute Gasteiger partial charge is 0.371 e. The Morgan fingerprint density at radius 3 is 3.00 bits per heavy atom. The van der Waals surface area contributed by atoms with Crippen LogP contribution in [0.4, 0.5) is 5.69 Å². The zero-order chi connectivity index (χ0) is 10.3. The fourth-order valence-corrected chi connectivity index (χ4v) is 3.83. The van der Waals surface area contributed by atoms with Crippen LogP contribution in [0, 0.1) is 0 Å². The van der Waals surface area contributed by atoms with E-state index in [1.54, 1.807) is 16.8 Å². The normalized spacial score (nSPS) is 16.9. The summed E-state index contributed by atoms with van der Waals surface area (Å²) in [5, 5.41) is 0. The van der Waals surface area contributed by atoms with Gasteiger partial charge in [-0.3, -0.25) is 0 Å². The molecule has 0 aromatic heterocycles. The Morgan fingerprint density at radius 2 is 2.19 bits per heavy atom. The monoisotopic (exact) mass is 236 g/mol. The van der Waals surface area contributed by atoms with Crippen LogP contribution in [0.5, 0.6) is 0 Å². The highest BCUT2D eigenvalue weighted by Gasteiger charge is 2.25. The molecule has 2 aliphatic rings. The second-order valence-corrected chi connectivity index (χ2v) is 5.52. The first-order valence-corrected chi connectivity index (χ1v) is 6.91. The fraction of sp³-hybridized carbons (Fsp3) is 0.538. The summed E-state index contributed by atoms with van der Waals surface area (Å²) in [5.74, 6) is 1.28. The van der Waals surface area contributed by atoms with Crippen LogP contribution in [0.25, 0.3) is 0 Å². The molecule has 0 aliphatic carbocycles. The lowest BCUT2D eigenvalue weighted by Gasteiger charge is -2.21. The molecular formula is C13H20N2S. The molecule has 0 fully saturated rings. The first-order chi connectivity index (χ1) is 7.40. The van der Waals surface area contributed by atoms with Crippen molar-refractivity contribution in [3.63, 3.8) is 0 Å². The predicted molar refractivity (Wildman–Crippen MR) is 72.1 cm³/mol. The van der Waals surface area contributed by atoms with E-state index in [9.17, 15) is 0 Å². The van der Waals surface area contributed by atoms with E-state index in [4.69, 9.17) is 0 Å². The minimum absolute atomic E-state index is 0. The number of benzene rings is 1. The summed E-state index contributed by atoms with van der Waals surface area (Å²) in [6, 6.07) is 4.68.